The summed E-state index contributed by atoms with van der Waals surface area (Å²) in [5, 5.41) is 9.69. The Morgan fingerprint density at radius 2 is 1.93 bits per heavy atom. The molecular weight excluding hydrogens is 598 g/mol. The lowest BCUT2D eigenvalue weighted by Crippen LogP contribution is -2.57. The van der Waals surface area contributed by atoms with Gasteiger partial charge in [-0.15, -0.1) is 13.2 Å². The molecule has 2 bridgehead atoms. The van der Waals surface area contributed by atoms with E-state index in [1.54, 1.807) is 51.1 Å². The molecule has 0 saturated carbocycles. The number of aliphatic hydroxyl groups excluding tert-OH is 1. The van der Waals surface area contributed by atoms with Crippen molar-refractivity contribution in [1.29, 1.82) is 0 Å². The van der Waals surface area contributed by atoms with Crippen LogP contribution in [0.1, 0.15) is 39.0 Å². The van der Waals surface area contributed by atoms with Crippen LogP contribution in [0.25, 0.3) is 0 Å². The van der Waals surface area contributed by atoms with Crippen molar-refractivity contribution >= 4 is 50.9 Å². The number of hydrogen-bond acceptors (Lipinski definition) is 5. The zero-order valence-corrected chi connectivity index (χ0v) is 25.4. The number of alkyl halides is 1. The number of rotatable bonds is 14. The molecule has 3 fully saturated rings. The number of benzene rings is 1. The van der Waals surface area contributed by atoms with Crippen molar-refractivity contribution in [2.75, 3.05) is 37.7 Å². The predicted octanol–water partition coefficient (Wildman–Crippen LogP) is 4.19. The molecule has 3 saturated heterocycles. The number of para-hydroxylation sites is 1. The Morgan fingerprint density at radius 1 is 1.20 bits per heavy atom. The minimum Gasteiger partial charge on any atom is -0.396 e. The zero-order chi connectivity index (χ0) is 29.0. The highest BCUT2D eigenvalue weighted by atomic mass is 79.9. The molecule has 1 spiro atoms. The highest BCUT2D eigenvalue weighted by Crippen LogP contribution is 2.60. The molecule has 1 aromatic carbocycles. The number of carbonyl (C=O) groups excluding carboxylic acids is 3. The second-order valence-electron chi connectivity index (χ2n) is 10.7. The molecule has 0 aliphatic carbocycles. The third-order valence-corrected chi connectivity index (χ3v) is 9.41. The van der Waals surface area contributed by atoms with Gasteiger partial charge in [0.05, 0.1) is 28.6 Å². The molecule has 218 valence electrons. The first kappa shape index (κ1) is 30.8. The maximum absolute atomic E-state index is 14.6. The monoisotopic (exact) mass is 635 g/mol. The van der Waals surface area contributed by atoms with E-state index in [9.17, 15) is 19.5 Å². The fourth-order valence-corrected chi connectivity index (χ4v) is 7.87. The van der Waals surface area contributed by atoms with Crippen LogP contribution in [-0.4, -0.2) is 88.0 Å². The molecule has 1 N–H and O–H groups in total. The summed E-state index contributed by atoms with van der Waals surface area (Å²) in [6.45, 7) is 11.2. The molecule has 3 unspecified atom stereocenters. The third-order valence-electron chi connectivity index (χ3n) is 8.24. The van der Waals surface area contributed by atoms with Gasteiger partial charge in [0, 0.05) is 37.6 Å². The summed E-state index contributed by atoms with van der Waals surface area (Å²) < 4.78 is 6.66. The van der Waals surface area contributed by atoms with Gasteiger partial charge in [0.1, 0.15) is 11.6 Å². The number of ether oxygens (including phenoxy) is 1. The van der Waals surface area contributed by atoms with E-state index in [1.807, 2.05) is 6.92 Å². The largest absolute Gasteiger partial charge is 0.396 e. The summed E-state index contributed by atoms with van der Waals surface area (Å²) >= 11 is 10.3. The van der Waals surface area contributed by atoms with Gasteiger partial charge in [0.25, 0.3) is 5.91 Å². The molecule has 0 aromatic heterocycles. The second kappa shape index (κ2) is 13.2. The first-order valence-electron chi connectivity index (χ1n) is 14.1. The molecule has 4 rings (SSSR count). The van der Waals surface area contributed by atoms with Gasteiger partial charge < -0.3 is 24.5 Å². The Kier molecular flexibility index (Phi) is 10.1. The van der Waals surface area contributed by atoms with Crippen LogP contribution in [0.2, 0.25) is 5.02 Å². The van der Waals surface area contributed by atoms with Gasteiger partial charge in [-0.1, -0.05) is 58.7 Å². The number of unbranched alkanes of at least 4 members (excludes halogenated alkanes) is 2. The number of amides is 3. The average molecular weight is 637 g/mol. The van der Waals surface area contributed by atoms with Gasteiger partial charge in [0.15, 0.2) is 0 Å². The third kappa shape index (κ3) is 5.38. The van der Waals surface area contributed by atoms with Gasteiger partial charge in [-0.2, -0.15) is 0 Å². The van der Waals surface area contributed by atoms with Crippen molar-refractivity contribution in [3.8, 4) is 0 Å². The van der Waals surface area contributed by atoms with E-state index in [1.165, 1.54) is 0 Å². The van der Waals surface area contributed by atoms with Crippen molar-refractivity contribution in [2.24, 2.45) is 11.8 Å². The summed E-state index contributed by atoms with van der Waals surface area (Å²) in [7, 11) is 0. The van der Waals surface area contributed by atoms with E-state index in [2.05, 4.69) is 29.1 Å². The number of fused-ring (bicyclic) bond motifs is 1. The molecule has 8 nitrogen and oxygen atoms in total. The van der Waals surface area contributed by atoms with E-state index < -0.39 is 29.6 Å². The maximum Gasteiger partial charge on any atom is 0.253 e. The fourth-order valence-electron chi connectivity index (χ4n) is 6.68. The average Bonchev–Trinajstić information content (AvgIpc) is 3.52. The van der Waals surface area contributed by atoms with Gasteiger partial charge in [0.2, 0.25) is 11.8 Å². The number of likely N-dealkylation sites (tertiary alicyclic amines) is 1. The number of hydrogen-bond donors (Lipinski definition) is 1. The van der Waals surface area contributed by atoms with E-state index in [-0.39, 0.29) is 35.7 Å². The lowest BCUT2D eigenvalue weighted by atomic mass is 9.70. The quantitative estimate of drug-likeness (QED) is 0.188. The lowest BCUT2D eigenvalue weighted by molar-refractivity contribution is -0.145. The van der Waals surface area contributed by atoms with E-state index >= 15 is 0 Å². The van der Waals surface area contributed by atoms with Crippen LogP contribution in [0, 0.1) is 11.8 Å². The Labute approximate surface area is 250 Å². The van der Waals surface area contributed by atoms with Gasteiger partial charge >= 0.3 is 0 Å². The van der Waals surface area contributed by atoms with Crippen LogP contribution < -0.4 is 4.90 Å². The number of anilines is 1. The Morgan fingerprint density at radius 3 is 2.58 bits per heavy atom. The van der Waals surface area contributed by atoms with Crippen molar-refractivity contribution < 1.29 is 24.2 Å². The zero-order valence-electron chi connectivity index (χ0n) is 23.0. The highest BCUT2D eigenvalue weighted by Gasteiger charge is 2.76. The van der Waals surface area contributed by atoms with Crippen molar-refractivity contribution in [2.45, 2.75) is 61.6 Å². The minimum atomic E-state index is -1.16. The standard InChI is InChI=1S/C30H39BrClN3O5/c1-4-14-33(15-5-2)27(37)23-24-28(38)35(17-10-7-11-18-36)26(30(24)19-20(31)25(23)40-30)29(39)34(16-6-3)22-13-9-8-12-21(22)32/h4,6,8-9,12-13,20,23-26,36H,1,3,5,7,10-11,14-19H2,2H3/t20?,23-,24+,25-,26?,30?/m1/s1. The molecule has 3 amide bonds. The molecule has 3 aliphatic rings. The van der Waals surface area contributed by atoms with E-state index in [4.69, 9.17) is 16.3 Å². The van der Waals surface area contributed by atoms with Gasteiger partial charge in [-0.25, -0.2) is 0 Å². The number of nitrogens with zero attached hydrogens (tertiary/aromatic N) is 3. The summed E-state index contributed by atoms with van der Waals surface area (Å²) in [5.41, 5.74) is -0.630. The molecule has 1 aromatic rings. The van der Waals surface area contributed by atoms with Gasteiger partial charge in [-0.3, -0.25) is 14.4 Å². The van der Waals surface area contributed by atoms with Crippen molar-refractivity contribution in [1.82, 2.24) is 9.80 Å². The maximum atomic E-state index is 14.6. The highest BCUT2D eigenvalue weighted by molar-refractivity contribution is 9.09. The number of aliphatic hydroxyl groups is 1. The van der Waals surface area contributed by atoms with E-state index in [0.29, 0.717) is 56.0 Å². The fraction of sp³-hybridized carbons (Fsp3) is 0.567. The van der Waals surface area contributed by atoms with Crippen LogP contribution in [-0.2, 0) is 19.1 Å². The Bertz CT molecular complexity index is 1130. The first-order chi connectivity index (χ1) is 19.3. The number of carbonyl (C=O) groups is 3. The minimum absolute atomic E-state index is 0.0612. The lowest BCUT2D eigenvalue weighted by Gasteiger charge is -2.37. The molecule has 3 aliphatic heterocycles. The van der Waals surface area contributed by atoms with Crippen LogP contribution in [0.3, 0.4) is 0 Å². The van der Waals surface area contributed by atoms with E-state index in [0.717, 1.165) is 6.42 Å². The van der Waals surface area contributed by atoms with Crippen LogP contribution >= 0.6 is 27.5 Å². The smallest absolute Gasteiger partial charge is 0.253 e. The summed E-state index contributed by atoms with van der Waals surface area (Å²) in [4.78, 5) is 47.5. The van der Waals surface area contributed by atoms with Crippen molar-refractivity contribution in [3.05, 3.63) is 54.6 Å². The van der Waals surface area contributed by atoms with Crippen LogP contribution in [0.15, 0.2) is 49.6 Å². The molecule has 10 heteroatoms. The summed E-state index contributed by atoms with van der Waals surface area (Å²) in [6.07, 6.45) is 5.92. The number of halogens is 2. The van der Waals surface area contributed by atoms with Gasteiger partial charge in [-0.05, 0) is 44.2 Å². The molecule has 40 heavy (non-hydrogen) atoms. The molecule has 3 heterocycles. The topological polar surface area (TPSA) is 90.4 Å². The Balaban J connectivity index is 1.78. The van der Waals surface area contributed by atoms with Crippen molar-refractivity contribution in [3.63, 3.8) is 0 Å². The molecular formula is C30H39BrClN3O5. The molecule has 0 radical (unpaired) electrons. The second-order valence-corrected chi connectivity index (χ2v) is 12.3. The first-order valence-corrected chi connectivity index (χ1v) is 15.4. The summed E-state index contributed by atoms with van der Waals surface area (Å²) in [5.74, 6) is -2.15. The SMILES string of the molecule is C=CCN(CCC)C(=O)[C@H]1[C@@H]2OC3(CC2Br)C(C(=O)N(CC=C)c2ccccc2Cl)N(CCCCCO)C(=O)[C@H]13. The normalized spacial score (nSPS) is 28.4. The Hall–Kier alpha value is -2.20. The predicted molar refractivity (Wildman–Crippen MR) is 159 cm³/mol. The molecule has 6 atom stereocenters. The van der Waals surface area contributed by atoms with Crippen LogP contribution in [0.4, 0.5) is 5.69 Å². The van der Waals surface area contributed by atoms with Crippen LogP contribution in [0.5, 0.6) is 0 Å². The summed E-state index contributed by atoms with van der Waals surface area (Å²) in [6, 6.07) is 6.16.